The molecule has 1 aliphatic heterocycles. The van der Waals surface area contributed by atoms with Gasteiger partial charge in [0.15, 0.2) is 0 Å². The summed E-state index contributed by atoms with van der Waals surface area (Å²) in [5.74, 6) is -0.501. The molecule has 0 spiro atoms. The molecule has 4 heterocycles. The van der Waals surface area contributed by atoms with Crippen LogP contribution in [0.25, 0.3) is 33.2 Å². The van der Waals surface area contributed by atoms with E-state index >= 15 is 0 Å². The Bertz CT molecular complexity index is 1480. The summed E-state index contributed by atoms with van der Waals surface area (Å²) in [5.41, 5.74) is 10.2. The van der Waals surface area contributed by atoms with Crippen molar-refractivity contribution >= 4 is 28.4 Å². The number of hydrogen-bond donors (Lipinski definition) is 1. The van der Waals surface area contributed by atoms with Crippen molar-refractivity contribution in [3.8, 4) is 22.3 Å². The van der Waals surface area contributed by atoms with Crippen molar-refractivity contribution in [3.63, 3.8) is 0 Å². The highest BCUT2D eigenvalue weighted by atomic mass is 16.2. The minimum absolute atomic E-state index is 0.149. The number of hydrogen-bond acceptors (Lipinski definition) is 4. The number of fused-ring (bicyclic) bond motifs is 1. The molecule has 1 aromatic carbocycles. The first kappa shape index (κ1) is 20.7. The molecule has 33 heavy (non-hydrogen) atoms. The van der Waals surface area contributed by atoms with Crippen molar-refractivity contribution in [3.05, 3.63) is 71.0 Å². The third-order valence-corrected chi connectivity index (χ3v) is 6.26. The van der Waals surface area contributed by atoms with Crippen LogP contribution >= 0.6 is 0 Å². The van der Waals surface area contributed by atoms with Gasteiger partial charge in [-0.05, 0) is 36.2 Å². The lowest BCUT2D eigenvalue weighted by molar-refractivity contribution is -0.117. The van der Waals surface area contributed by atoms with Gasteiger partial charge in [0.2, 0.25) is 5.91 Å². The van der Waals surface area contributed by atoms with Gasteiger partial charge in [-0.3, -0.25) is 19.4 Å². The van der Waals surface area contributed by atoms with Gasteiger partial charge in [0.25, 0.3) is 11.5 Å². The second-order valence-electron chi connectivity index (χ2n) is 8.33. The number of nitrogens with zero attached hydrogens (tertiary/aromatic N) is 4. The molecule has 2 amide bonds. The maximum absolute atomic E-state index is 12.9. The van der Waals surface area contributed by atoms with Crippen molar-refractivity contribution in [2.75, 3.05) is 11.4 Å². The molecule has 0 aliphatic carbocycles. The van der Waals surface area contributed by atoms with E-state index in [1.807, 2.05) is 41.4 Å². The van der Waals surface area contributed by atoms with Crippen LogP contribution in [0.3, 0.4) is 0 Å². The average molecular weight is 441 g/mol. The third-order valence-electron chi connectivity index (χ3n) is 6.26. The first-order valence-corrected chi connectivity index (χ1v) is 10.7. The lowest BCUT2D eigenvalue weighted by atomic mass is 10.0. The molecular weight excluding hydrogens is 418 g/mol. The van der Waals surface area contributed by atoms with Crippen molar-refractivity contribution in [2.45, 2.75) is 12.8 Å². The second kappa shape index (κ2) is 7.74. The molecule has 1 saturated heterocycles. The Hall–Kier alpha value is -4.20. The van der Waals surface area contributed by atoms with Crippen molar-refractivity contribution in [1.82, 2.24) is 14.1 Å². The Balaban J connectivity index is 1.58. The summed E-state index contributed by atoms with van der Waals surface area (Å²) in [6, 6.07) is 11.5. The van der Waals surface area contributed by atoms with E-state index in [2.05, 4.69) is 4.98 Å². The van der Waals surface area contributed by atoms with E-state index in [0.29, 0.717) is 17.3 Å². The average Bonchev–Trinajstić information content (AvgIpc) is 3.39. The number of rotatable bonds is 4. The molecule has 8 heteroatoms. The monoisotopic (exact) mass is 441 g/mol. The van der Waals surface area contributed by atoms with E-state index in [0.717, 1.165) is 40.9 Å². The molecule has 1 fully saturated rings. The standard InChI is InChI=1S/C25H23N5O3/c1-28-14-20(19-11-21(24(26)32)29(2)25(33)23(19)28)17-10-16(12-27-13-17)15-5-7-18(8-6-15)30-9-3-4-22(30)31/h5-8,10-14H,3-4,9H2,1-2H3,(H2,26,32). The fourth-order valence-electron chi connectivity index (χ4n) is 4.53. The van der Waals surface area contributed by atoms with Gasteiger partial charge in [-0.15, -0.1) is 0 Å². The Morgan fingerprint density at radius 1 is 1.00 bits per heavy atom. The fraction of sp³-hybridized carbons (Fsp3) is 0.200. The van der Waals surface area contributed by atoms with Gasteiger partial charge in [0, 0.05) is 73.4 Å². The van der Waals surface area contributed by atoms with Crippen LogP contribution < -0.4 is 16.2 Å². The van der Waals surface area contributed by atoms with Gasteiger partial charge in [-0.2, -0.15) is 0 Å². The van der Waals surface area contributed by atoms with Crippen LogP contribution in [0.15, 0.2) is 59.8 Å². The van der Waals surface area contributed by atoms with Crippen LogP contribution in [0.5, 0.6) is 0 Å². The highest BCUT2D eigenvalue weighted by molar-refractivity contribution is 6.01. The number of aryl methyl sites for hydroxylation is 1. The van der Waals surface area contributed by atoms with E-state index < -0.39 is 5.91 Å². The summed E-state index contributed by atoms with van der Waals surface area (Å²) in [6.45, 7) is 0.753. The number of primary amides is 1. The first-order chi connectivity index (χ1) is 15.8. The molecule has 0 bridgehead atoms. The molecule has 0 radical (unpaired) electrons. The van der Waals surface area contributed by atoms with Crippen LogP contribution in [0.2, 0.25) is 0 Å². The number of benzene rings is 1. The highest BCUT2D eigenvalue weighted by Gasteiger charge is 2.22. The van der Waals surface area contributed by atoms with Crippen LogP contribution in [0.1, 0.15) is 23.3 Å². The van der Waals surface area contributed by atoms with Crippen molar-refractivity contribution < 1.29 is 9.59 Å². The molecule has 5 rings (SSSR count). The number of nitrogens with two attached hydrogens (primary N) is 1. The van der Waals surface area contributed by atoms with E-state index in [-0.39, 0.29) is 17.2 Å². The summed E-state index contributed by atoms with van der Waals surface area (Å²) in [4.78, 5) is 43.0. The van der Waals surface area contributed by atoms with Crippen molar-refractivity contribution in [2.24, 2.45) is 19.8 Å². The predicted octanol–water partition coefficient (Wildman–Crippen LogP) is 2.83. The van der Waals surface area contributed by atoms with Crippen molar-refractivity contribution in [1.29, 1.82) is 0 Å². The van der Waals surface area contributed by atoms with Crippen LogP contribution in [0, 0.1) is 0 Å². The summed E-state index contributed by atoms with van der Waals surface area (Å²) >= 11 is 0. The molecule has 0 atom stereocenters. The maximum atomic E-state index is 12.9. The van der Waals surface area contributed by atoms with Gasteiger partial charge >= 0.3 is 0 Å². The van der Waals surface area contributed by atoms with Crippen LogP contribution in [0.4, 0.5) is 5.69 Å². The Labute approximate surface area is 189 Å². The number of carbonyl (C=O) groups is 2. The Kier molecular flexibility index (Phi) is 4.85. The summed E-state index contributed by atoms with van der Waals surface area (Å²) < 4.78 is 3.03. The SMILES string of the molecule is Cn1c(C(N)=O)cc2c(-c3cncc(-c4ccc(N5CCCC5=O)cc4)c3)cn(C)c2c1=O. The quantitative estimate of drug-likeness (QED) is 0.526. The molecule has 2 N–H and O–H groups in total. The minimum atomic E-state index is -0.658. The lowest BCUT2D eigenvalue weighted by Crippen LogP contribution is -2.27. The Morgan fingerprint density at radius 3 is 2.39 bits per heavy atom. The van der Waals surface area contributed by atoms with Gasteiger partial charge in [-0.1, -0.05) is 12.1 Å². The fourth-order valence-corrected chi connectivity index (χ4v) is 4.53. The molecule has 166 valence electrons. The Morgan fingerprint density at radius 2 is 1.73 bits per heavy atom. The van der Waals surface area contributed by atoms with Crippen LogP contribution in [-0.4, -0.2) is 32.5 Å². The van der Waals surface area contributed by atoms with Gasteiger partial charge in [0.1, 0.15) is 11.2 Å². The molecule has 3 aromatic heterocycles. The van der Waals surface area contributed by atoms with Crippen LogP contribution in [-0.2, 0) is 18.9 Å². The lowest BCUT2D eigenvalue weighted by Gasteiger charge is -2.16. The van der Waals surface area contributed by atoms with Gasteiger partial charge in [0.05, 0.1) is 0 Å². The summed E-state index contributed by atoms with van der Waals surface area (Å²) in [5, 5.41) is 0.649. The highest BCUT2D eigenvalue weighted by Crippen LogP contribution is 2.32. The maximum Gasteiger partial charge on any atom is 0.275 e. The topological polar surface area (TPSA) is 103 Å². The third kappa shape index (κ3) is 3.40. The summed E-state index contributed by atoms with van der Waals surface area (Å²) in [7, 11) is 3.34. The minimum Gasteiger partial charge on any atom is -0.364 e. The second-order valence-corrected chi connectivity index (χ2v) is 8.33. The number of anilines is 1. The van der Waals surface area contributed by atoms with E-state index in [9.17, 15) is 14.4 Å². The zero-order valence-electron chi connectivity index (χ0n) is 18.4. The zero-order chi connectivity index (χ0) is 23.3. The number of carbonyl (C=O) groups excluding carboxylic acids is 2. The van der Waals surface area contributed by atoms with Gasteiger partial charge in [-0.25, -0.2) is 0 Å². The molecule has 1 aliphatic rings. The number of aromatic nitrogens is 3. The number of pyridine rings is 2. The van der Waals surface area contributed by atoms with Gasteiger partial charge < -0.3 is 19.8 Å². The smallest absolute Gasteiger partial charge is 0.275 e. The molecule has 0 unspecified atom stereocenters. The summed E-state index contributed by atoms with van der Waals surface area (Å²) in [6.07, 6.45) is 6.85. The predicted molar refractivity (Wildman–Crippen MR) is 127 cm³/mol. The largest absolute Gasteiger partial charge is 0.364 e. The molecule has 0 saturated carbocycles. The molecule has 8 nitrogen and oxygen atoms in total. The van der Waals surface area contributed by atoms with E-state index in [4.69, 9.17) is 5.73 Å². The van der Waals surface area contributed by atoms with E-state index in [1.165, 1.54) is 11.6 Å². The first-order valence-electron chi connectivity index (χ1n) is 10.7. The zero-order valence-corrected chi connectivity index (χ0v) is 18.4. The number of amides is 2. The normalized spacial score (nSPS) is 13.8. The molecule has 4 aromatic rings. The van der Waals surface area contributed by atoms with E-state index in [1.54, 1.807) is 30.1 Å². The molecular formula is C25H23N5O3.